The van der Waals surface area contributed by atoms with Crippen LogP contribution in [0.1, 0.15) is 38.8 Å². The molecule has 0 aliphatic carbocycles. The van der Waals surface area contributed by atoms with Crippen LogP contribution in [-0.4, -0.2) is 26.9 Å². The number of amides is 1. The number of benzene rings is 3. The molecule has 7 nitrogen and oxygen atoms in total. The number of para-hydroxylation sites is 1. The maximum absolute atomic E-state index is 12.8. The Bertz CT molecular complexity index is 1250. The number of rotatable bonds is 7. The predicted molar refractivity (Wildman–Crippen MR) is 124 cm³/mol. The van der Waals surface area contributed by atoms with Gasteiger partial charge in [0, 0.05) is 5.56 Å². The van der Waals surface area contributed by atoms with Gasteiger partial charge in [-0.15, -0.1) is 0 Å². The Kier molecular flexibility index (Phi) is 6.95. The third kappa shape index (κ3) is 5.33. The number of nitrogens with one attached hydrogen (secondary N) is 2. The van der Waals surface area contributed by atoms with Crippen molar-refractivity contribution in [2.24, 2.45) is 0 Å². The fourth-order valence-electron chi connectivity index (χ4n) is 2.97. The molecule has 3 rings (SSSR count). The van der Waals surface area contributed by atoms with Gasteiger partial charge in [-0.2, -0.15) is 0 Å². The molecule has 0 fully saturated rings. The van der Waals surface area contributed by atoms with Crippen molar-refractivity contribution >= 4 is 33.3 Å². The molecule has 0 bridgehead atoms. The maximum Gasteiger partial charge on any atom is 0.340 e. The van der Waals surface area contributed by atoms with Gasteiger partial charge in [0.25, 0.3) is 15.9 Å². The van der Waals surface area contributed by atoms with Gasteiger partial charge in [-0.1, -0.05) is 35.9 Å². The van der Waals surface area contributed by atoms with Crippen molar-refractivity contribution in [2.45, 2.75) is 25.7 Å². The molecule has 3 aromatic carbocycles. The lowest BCUT2D eigenvalue weighted by atomic mass is 10.1. The zero-order chi connectivity index (χ0) is 23.3. The van der Waals surface area contributed by atoms with Gasteiger partial charge in [0.05, 0.1) is 28.4 Å². The van der Waals surface area contributed by atoms with Crippen molar-refractivity contribution in [2.75, 3.05) is 16.6 Å². The minimum Gasteiger partial charge on any atom is -0.462 e. The minimum absolute atomic E-state index is 0.126. The fraction of sp³-hybridized carbons (Fsp3) is 0.167. The molecule has 0 unspecified atom stereocenters. The molecular weight excluding hydrogens is 428 g/mol. The molecule has 0 aliphatic heterocycles. The Balaban J connectivity index is 1.85. The van der Waals surface area contributed by atoms with Gasteiger partial charge in [0.15, 0.2) is 0 Å². The number of carbonyl (C=O) groups is 2. The van der Waals surface area contributed by atoms with Crippen LogP contribution < -0.4 is 10.0 Å². The average Bonchev–Trinajstić information content (AvgIpc) is 2.76. The smallest absolute Gasteiger partial charge is 0.340 e. The van der Waals surface area contributed by atoms with Crippen LogP contribution in [0.5, 0.6) is 0 Å². The summed E-state index contributed by atoms with van der Waals surface area (Å²) in [6.45, 7) is 5.52. The highest BCUT2D eigenvalue weighted by Crippen LogP contribution is 2.23. The summed E-state index contributed by atoms with van der Waals surface area (Å²) in [5.41, 5.74) is 2.66. The van der Waals surface area contributed by atoms with Crippen LogP contribution >= 0.6 is 0 Å². The molecule has 0 heterocycles. The topological polar surface area (TPSA) is 102 Å². The van der Waals surface area contributed by atoms with Gasteiger partial charge in [-0.05, 0) is 62.7 Å². The third-order valence-electron chi connectivity index (χ3n) is 4.75. The highest BCUT2D eigenvalue weighted by molar-refractivity contribution is 7.92. The van der Waals surface area contributed by atoms with Gasteiger partial charge < -0.3 is 10.1 Å². The Hall–Kier alpha value is -3.65. The summed E-state index contributed by atoms with van der Waals surface area (Å²) in [6.07, 6.45) is 0. The monoisotopic (exact) mass is 452 g/mol. The van der Waals surface area contributed by atoms with Crippen LogP contribution in [0.3, 0.4) is 0 Å². The Labute approximate surface area is 187 Å². The second kappa shape index (κ2) is 9.65. The normalized spacial score (nSPS) is 11.0. The summed E-state index contributed by atoms with van der Waals surface area (Å²) in [4.78, 5) is 25.1. The molecule has 166 valence electrons. The highest BCUT2D eigenvalue weighted by atomic mass is 32.2. The molecular formula is C24H24N2O5S. The van der Waals surface area contributed by atoms with E-state index < -0.39 is 21.9 Å². The van der Waals surface area contributed by atoms with Crippen molar-refractivity contribution in [1.82, 2.24) is 0 Å². The van der Waals surface area contributed by atoms with Crippen LogP contribution in [0.2, 0.25) is 0 Å². The molecule has 0 aromatic heterocycles. The molecule has 0 atom stereocenters. The summed E-state index contributed by atoms with van der Waals surface area (Å²) in [5.74, 6) is -1.03. The lowest BCUT2D eigenvalue weighted by molar-refractivity contribution is 0.0527. The first kappa shape index (κ1) is 23.0. The van der Waals surface area contributed by atoms with Crippen molar-refractivity contribution in [3.8, 4) is 0 Å². The highest BCUT2D eigenvalue weighted by Gasteiger charge is 2.18. The van der Waals surface area contributed by atoms with Crippen molar-refractivity contribution < 1.29 is 22.7 Å². The van der Waals surface area contributed by atoms with Gasteiger partial charge in [-0.25, -0.2) is 13.2 Å². The third-order valence-corrected chi connectivity index (χ3v) is 6.13. The van der Waals surface area contributed by atoms with Gasteiger partial charge >= 0.3 is 5.97 Å². The van der Waals surface area contributed by atoms with Gasteiger partial charge in [0.1, 0.15) is 0 Å². The summed E-state index contributed by atoms with van der Waals surface area (Å²) >= 11 is 0. The second-order valence-corrected chi connectivity index (χ2v) is 8.85. The maximum atomic E-state index is 12.8. The zero-order valence-electron chi connectivity index (χ0n) is 18.0. The van der Waals surface area contributed by atoms with Crippen LogP contribution in [0.15, 0.2) is 71.6 Å². The van der Waals surface area contributed by atoms with E-state index in [4.69, 9.17) is 4.74 Å². The number of carbonyl (C=O) groups excluding carboxylic acids is 2. The van der Waals surface area contributed by atoms with E-state index in [0.29, 0.717) is 11.3 Å². The Morgan fingerprint density at radius 3 is 2.28 bits per heavy atom. The van der Waals surface area contributed by atoms with E-state index in [1.54, 1.807) is 62.4 Å². The SMILES string of the molecule is CCOC(=O)c1ccccc1NC(=O)c1ccc(C)c(NS(=O)(=O)c2ccc(C)cc2)c1. The number of esters is 1. The predicted octanol–water partition coefficient (Wildman–Crippen LogP) is 4.53. The quantitative estimate of drug-likeness (QED) is 0.513. The molecule has 0 aliphatic rings. The van der Waals surface area contributed by atoms with E-state index >= 15 is 0 Å². The second-order valence-electron chi connectivity index (χ2n) is 7.17. The first-order valence-electron chi connectivity index (χ1n) is 9.99. The molecule has 32 heavy (non-hydrogen) atoms. The molecule has 2 N–H and O–H groups in total. The van der Waals surface area contributed by atoms with Crippen molar-refractivity contribution in [1.29, 1.82) is 0 Å². The zero-order valence-corrected chi connectivity index (χ0v) is 18.8. The van der Waals surface area contributed by atoms with Crippen molar-refractivity contribution in [3.05, 3.63) is 89.0 Å². The molecule has 0 radical (unpaired) electrons. The number of sulfonamides is 1. The summed E-state index contributed by atoms with van der Waals surface area (Å²) in [6, 6.07) is 17.7. The van der Waals surface area contributed by atoms with E-state index in [-0.39, 0.29) is 28.3 Å². The van der Waals surface area contributed by atoms with E-state index in [1.165, 1.54) is 18.2 Å². The van der Waals surface area contributed by atoms with Crippen LogP contribution in [-0.2, 0) is 14.8 Å². The minimum atomic E-state index is -3.82. The lowest BCUT2D eigenvalue weighted by Crippen LogP contribution is -2.17. The van der Waals surface area contributed by atoms with E-state index in [0.717, 1.165) is 5.56 Å². The molecule has 0 spiro atoms. The summed E-state index contributed by atoms with van der Waals surface area (Å²) in [5, 5.41) is 2.70. The summed E-state index contributed by atoms with van der Waals surface area (Å²) in [7, 11) is -3.82. The molecule has 1 amide bonds. The number of hydrogen-bond donors (Lipinski definition) is 2. The van der Waals surface area contributed by atoms with Gasteiger partial charge in [-0.3, -0.25) is 9.52 Å². The first-order valence-corrected chi connectivity index (χ1v) is 11.5. The van der Waals surface area contributed by atoms with Gasteiger partial charge in [0.2, 0.25) is 0 Å². The Morgan fingerprint density at radius 1 is 0.906 bits per heavy atom. The van der Waals surface area contributed by atoms with Crippen LogP contribution in [0.25, 0.3) is 0 Å². The van der Waals surface area contributed by atoms with E-state index in [2.05, 4.69) is 10.0 Å². The number of anilines is 2. The summed E-state index contributed by atoms with van der Waals surface area (Å²) < 4.78 is 33.1. The number of hydrogen-bond acceptors (Lipinski definition) is 5. The van der Waals surface area contributed by atoms with E-state index in [1.807, 2.05) is 6.92 Å². The standard InChI is InChI=1S/C24H24N2O5S/c1-4-31-24(28)20-7-5-6-8-21(20)25-23(27)18-12-11-17(3)22(15-18)26-32(29,30)19-13-9-16(2)10-14-19/h5-15,26H,4H2,1-3H3,(H,25,27). The first-order chi connectivity index (χ1) is 15.2. The number of ether oxygens (including phenoxy) is 1. The lowest BCUT2D eigenvalue weighted by Gasteiger charge is -2.14. The molecule has 3 aromatic rings. The largest absolute Gasteiger partial charge is 0.462 e. The molecule has 0 saturated heterocycles. The van der Waals surface area contributed by atoms with Crippen molar-refractivity contribution in [3.63, 3.8) is 0 Å². The Morgan fingerprint density at radius 2 is 1.59 bits per heavy atom. The fourth-order valence-corrected chi connectivity index (χ4v) is 4.09. The van der Waals surface area contributed by atoms with Crippen LogP contribution in [0, 0.1) is 13.8 Å². The average molecular weight is 453 g/mol. The number of aryl methyl sites for hydroxylation is 2. The molecule has 8 heteroatoms. The molecule has 0 saturated carbocycles. The van der Waals surface area contributed by atoms with E-state index in [9.17, 15) is 18.0 Å². The van der Waals surface area contributed by atoms with Crippen LogP contribution in [0.4, 0.5) is 11.4 Å².